The van der Waals surface area contributed by atoms with Crippen molar-refractivity contribution in [2.24, 2.45) is 0 Å². The van der Waals surface area contributed by atoms with Crippen LogP contribution in [-0.4, -0.2) is 0 Å². The molecule has 0 nitrogen and oxygen atoms in total. The normalized spacial score (nSPS) is 9.88. The quantitative estimate of drug-likeness (QED) is 0.345. The summed E-state index contributed by atoms with van der Waals surface area (Å²) < 4.78 is 0. The standard InChI is InChI=1S/2C10H15.3ClH.Zr/c2*1-6-7(2)9(4)10(5)8(6)3;;;;/h2*1-5H3;3*1H;/q2*-1;;;;+3/p-3. The Bertz CT molecular complexity index is 456. The summed E-state index contributed by atoms with van der Waals surface area (Å²) >= 11 is -2.13. The van der Waals surface area contributed by atoms with E-state index in [1.54, 1.807) is 0 Å². The zero-order chi connectivity index (χ0) is 19.4. The first-order valence-electron chi connectivity index (χ1n) is 8.07. The first kappa shape index (κ1) is 24.5. The Morgan fingerprint density at radius 1 is 0.500 bits per heavy atom. The summed E-state index contributed by atoms with van der Waals surface area (Å²) in [7, 11) is 15.0. The van der Waals surface area contributed by atoms with Gasteiger partial charge in [-0.3, -0.25) is 0 Å². The Morgan fingerprint density at radius 3 is 0.667 bits per heavy atom. The molecule has 0 bridgehead atoms. The van der Waals surface area contributed by atoms with E-state index in [4.69, 9.17) is 25.5 Å². The van der Waals surface area contributed by atoms with Crippen LogP contribution in [0.4, 0.5) is 0 Å². The van der Waals surface area contributed by atoms with E-state index >= 15 is 0 Å². The Kier molecular flexibility index (Phi) is 10.8. The maximum absolute atomic E-state index is 5.00. The van der Waals surface area contributed by atoms with Gasteiger partial charge in [0.1, 0.15) is 0 Å². The summed E-state index contributed by atoms with van der Waals surface area (Å²) in [5.41, 5.74) is 14.7. The van der Waals surface area contributed by atoms with Gasteiger partial charge in [0.15, 0.2) is 0 Å². The molecule has 0 unspecified atom stereocenters. The fraction of sp³-hybridized carbons (Fsp3) is 0.500. The third-order valence-corrected chi connectivity index (χ3v) is 5.62. The average Bonchev–Trinajstić information content (AvgIpc) is 2.78. The summed E-state index contributed by atoms with van der Waals surface area (Å²) in [5.74, 6) is 0. The van der Waals surface area contributed by atoms with Crippen molar-refractivity contribution in [3.8, 4) is 0 Å². The topological polar surface area (TPSA) is 0 Å². The van der Waals surface area contributed by atoms with Crippen LogP contribution in [0, 0.1) is 69.2 Å². The third-order valence-electron chi connectivity index (χ3n) is 5.62. The summed E-state index contributed by atoms with van der Waals surface area (Å²) in [4.78, 5) is 0. The Labute approximate surface area is 167 Å². The van der Waals surface area contributed by atoms with E-state index in [0.717, 1.165) is 0 Å². The minimum atomic E-state index is -2.13. The summed E-state index contributed by atoms with van der Waals surface area (Å²) in [6.45, 7) is 22.0. The van der Waals surface area contributed by atoms with Gasteiger partial charge in [-0.25, -0.2) is 0 Å². The van der Waals surface area contributed by atoms with E-state index in [2.05, 4.69) is 69.2 Å². The predicted octanol–water partition coefficient (Wildman–Crippen LogP) is 7.96. The number of rotatable bonds is 0. The molecule has 0 aliphatic heterocycles. The van der Waals surface area contributed by atoms with Gasteiger partial charge < -0.3 is 0 Å². The average molecular weight is 468 g/mol. The van der Waals surface area contributed by atoms with Gasteiger partial charge in [-0.2, -0.15) is 55.6 Å². The van der Waals surface area contributed by atoms with E-state index in [1.807, 2.05) is 0 Å². The summed E-state index contributed by atoms with van der Waals surface area (Å²) in [6, 6.07) is 0. The van der Waals surface area contributed by atoms with E-state index in [0.29, 0.717) is 0 Å². The van der Waals surface area contributed by atoms with Crippen molar-refractivity contribution in [3.05, 3.63) is 55.6 Å². The maximum atomic E-state index is 5.00. The molecule has 0 fully saturated rings. The van der Waals surface area contributed by atoms with Crippen molar-refractivity contribution in [3.63, 3.8) is 0 Å². The van der Waals surface area contributed by atoms with Crippen LogP contribution in [0.5, 0.6) is 0 Å². The number of hydrogen-bond acceptors (Lipinski definition) is 0. The molecule has 0 N–H and O–H groups in total. The van der Waals surface area contributed by atoms with E-state index in [1.165, 1.54) is 55.6 Å². The molecular formula is C20H30Cl3Zr-2. The fourth-order valence-electron chi connectivity index (χ4n) is 2.81. The third kappa shape index (κ3) is 6.31. The second-order valence-electron chi connectivity index (χ2n) is 6.46. The van der Waals surface area contributed by atoms with Crippen molar-refractivity contribution in [2.45, 2.75) is 69.2 Å². The van der Waals surface area contributed by atoms with Crippen LogP contribution in [0.15, 0.2) is 0 Å². The van der Waals surface area contributed by atoms with Gasteiger partial charge in [0.25, 0.3) is 0 Å². The van der Waals surface area contributed by atoms with E-state index in [-0.39, 0.29) is 0 Å². The number of halogens is 3. The zero-order valence-electron chi connectivity index (χ0n) is 16.6. The summed E-state index contributed by atoms with van der Waals surface area (Å²) in [5, 5.41) is 0. The molecule has 0 radical (unpaired) electrons. The van der Waals surface area contributed by atoms with Crippen LogP contribution in [0.25, 0.3) is 0 Å². The molecule has 0 aromatic heterocycles. The number of hydrogen-bond donors (Lipinski definition) is 0. The monoisotopic (exact) mass is 465 g/mol. The zero-order valence-corrected chi connectivity index (χ0v) is 21.4. The second kappa shape index (κ2) is 10.6. The molecule has 4 heteroatoms. The molecule has 0 aliphatic carbocycles. The van der Waals surface area contributed by atoms with Gasteiger partial charge in [0, 0.05) is 0 Å². The van der Waals surface area contributed by atoms with Crippen LogP contribution >= 0.6 is 25.5 Å². The van der Waals surface area contributed by atoms with Gasteiger partial charge >= 0.3 is 43.7 Å². The molecular weight excluding hydrogens is 438 g/mol. The van der Waals surface area contributed by atoms with Crippen molar-refractivity contribution in [1.82, 2.24) is 0 Å². The molecule has 0 aliphatic rings. The molecule has 0 heterocycles. The van der Waals surface area contributed by atoms with Crippen LogP contribution in [0.1, 0.15) is 55.6 Å². The molecule has 0 amide bonds. The van der Waals surface area contributed by atoms with Crippen LogP contribution in [0.3, 0.4) is 0 Å². The molecule has 2 aromatic rings. The molecule has 0 spiro atoms. The van der Waals surface area contributed by atoms with Crippen LogP contribution < -0.4 is 0 Å². The Hall–Kier alpha value is 0.453. The molecule has 2 rings (SSSR count). The van der Waals surface area contributed by atoms with E-state index < -0.39 is 18.2 Å². The first-order chi connectivity index (χ1) is 10.8. The second-order valence-corrected chi connectivity index (χ2v) is 17.7. The van der Waals surface area contributed by atoms with Crippen LogP contribution in [-0.2, 0) is 18.2 Å². The minimum absolute atomic E-state index is 1.47. The molecule has 137 valence electrons. The van der Waals surface area contributed by atoms with Crippen molar-refractivity contribution in [1.29, 1.82) is 0 Å². The Balaban J connectivity index is 0.000000363. The summed E-state index contributed by atoms with van der Waals surface area (Å²) in [6.07, 6.45) is 0. The van der Waals surface area contributed by atoms with E-state index in [9.17, 15) is 0 Å². The van der Waals surface area contributed by atoms with Gasteiger partial charge in [0.2, 0.25) is 0 Å². The van der Waals surface area contributed by atoms with Crippen molar-refractivity contribution < 1.29 is 18.2 Å². The fourth-order valence-corrected chi connectivity index (χ4v) is 2.81. The Morgan fingerprint density at radius 2 is 0.625 bits per heavy atom. The van der Waals surface area contributed by atoms with Gasteiger partial charge in [-0.15, -0.1) is 0 Å². The molecule has 2 aromatic carbocycles. The molecule has 0 atom stereocenters. The molecule has 0 saturated heterocycles. The molecule has 24 heavy (non-hydrogen) atoms. The van der Waals surface area contributed by atoms with Crippen molar-refractivity contribution in [2.75, 3.05) is 0 Å². The SMILES string of the molecule is Cc1c(C)c(C)[c-](C)c1C.Cc1c(C)c(C)[c-](C)c1C.[Cl][Zr]([Cl])[Cl]. The van der Waals surface area contributed by atoms with Crippen LogP contribution in [0.2, 0.25) is 0 Å². The first-order valence-corrected chi connectivity index (χ1v) is 17.6. The van der Waals surface area contributed by atoms with Crippen molar-refractivity contribution >= 4 is 25.5 Å². The predicted molar refractivity (Wildman–Crippen MR) is 109 cm³/mol. The van der Waals surface area contributed by atoms with Gasteiger partial charge in [-0.1, -0.05) is 69.2 Å². The van der Waals surface area contributed by atoms with Gasteiger partial charge in [-0.05, 0) is 0 Å². The van der Waals surface area contributed by atoms with Gasteiger partial charge in [0.05, 0.1) is 0 Å². The molecule has 0 saturated carbocycles.